The normalized spacial score (nSPS) is 20.1. The summed E-state index contributed by atoms with van der Waals surface area (Å²) in [5.41, 5.74) is 1.67. The number of rotatable bonds is 3. The third-order valence-corrected chi connectivity index (χ3v) is 2.71. The van der Waals surface area contributed by atoms with E-state index in [0.29, 0.717) is 24.7 Å². The number of esters is 1. The zero-order valence-electron chi connectivity index (χ0n) is 10.2. The predicted molar refractivity (Wildman–Crippen MR) is 67.0 cm³/mol. The number of aliphatic imine (C=N–C) groups is 1. The average molecular weight is 231 g/mol. The Morgan fingerprint density at radius 1 is 1.35 bits per heavy atom. The lowest BCUT2D eigenvalue weighted by atomic mass is 10.0. The minimum Gasteiger partial charge on any atom is -0.459 e. The number of hydrogen-bond acceptors (Lipinski definition) is 3. The molecule has 0 aromatic heterocycles. The van der Waals surface area contributed by atoms with Gasteiger partial charge in [0.15, 0.2) is 0 Å². The molecule has 1 aromatic carbocycles. The van der Waals surface area contributed by atoms with Gasteiger partial charge in [-0.15, -0.1) is 0 Å². The van der Waals surface area contributed by atoms with E-state index in [4.69, 9.17) is 4.74 Å². The van der Waals surface area contributed by atoms with Crippen LogP contribution in [0.5, 0.6) is 0 Å². The lowest BCUT2D eigenvalue weighted by Crippen LogP contribution is -2.27. The van der Waals surface area contributed by atoms with Crippen LogP contribution in [0.4, 0.5) is 0 Å². The van der Waals surface area contributed by atoms with E-state index in [1.165, 1.54) is 0 Å². The average Bonchev–Trinajstić information content (AvgIpc) is 2.32. The van der Waals surface area contributed by atoms with Crippen molar-refractivity contribution < 1.29 is 9.53 Å². The molecule has 2 rings (SSSR count). The molecule has 3 nitrogen and oxygen atoms in total. The molecule has 1 aliphatic heterocycles. The van der Waals surface area contributed by atoms with Crippen molar-refractivity contribution in [1.29, 1.82) is 0 Å². The topological polar surface area (TPSA) is 38.7 Å². The first-order valence-electron chi connectivity index (χ1n) is 5.95. The number of hydrogen-bond donors (Lipinski definition) is 0. The molecule has 0 spiro atoms. The van der Waals surface area contributed by atoms with Crippen molar-refractivity contribution in [3.05, 3.63) is 35.9 Å². The molecule has 0 saturated heterocycles. The van der Waals surface area contributed by atoms with Gasteiger partial charge >= 0.3 is 5.97 Å². The second-order valence-electron chi connectivity index (χ2n) is 4.70. The third kappa shape index (κ3) is 2.93. The Hall–Kier alpha value is -1.64. The van der Waals surface area contributed by atoms with Crippen molar-refractivity contribution >= 4 is 11.7 Å². The van der Waals surface area contributed by atoms with E-state index in [2.05, 4.69) is 18.8 Å². The van der Waals surface area contributed by atoms with Crippen molar-refractivity contribution in [3.63, 3.8) is 0 Å². The highest BCUT2D eigenvalue weighted by Crippen LogP contribution is 2.22. The Morgan fingerprint density at radius 3 is 2.71 bits per heavy atom. The standard InChI is InChI=1S/C14H17NO2/c1-10(2)8-12-14(16)17-9-13(15-12)11-6-4-3-5-7-11/h3-7,10,13H,8-9H2,1-2H3/t13-/m0/s1. The fourth-order valence-corrected chi connectivity index (χ4v) is 1.88. The molecular weight excluding hydrogens is 214 g/mol. The Labute approximate surface area is 102 Å². The van der Waals surface area contributed by atoms with Crippen LogP contribution in [0.25, 0.3) is 0 Å². The highest BCUT2D eigenvalue weighted by Gasteiger charge is 2.24. The van der Waals surface area contributed by atoms with Crippen LogP contribution in [0.15, 0.2) is 35.3 Å². The molecule has 1 atom stereocenters. The van der Waals surface area contributed by atoms with Crippen LogP contribution in [0, 0.1) is 5.92 Å². The van der Waals surface area contributed by atoms with E-state index >= 15 is 0 Å². The molecule has 1 aromatic rings. The van der Waals surface area contributed by atoms with Crippen molar-refractivity contribution in [2.75, 3.05) is 6.61 Å². The lowest BCUT2D eigenvalue weighted by Gasteiger charge is -2.21. The van der Waals surface area contributed by atoms with Gasteiger partial charge in [-0.25, -0.2) is 4.79 Å². The molecule has 3 heteroatoms. The maximum Gasteiger partial charge on any atom is 0.352 e. The van der Waals surface area contributed by atoms with Crippen molar-refractivity contribution in [2.45, 2.75) is 26.3 Å². The van der Waals surface area contributed by atoms with E-state index in [0.717, 1.165) is 5.56 Å². The minimum absolute atomic E-state index is 0.0392. The number of carbonyl (C=O) groups excluding carboxylic acids is 1. The first-order chi connectivity index (χ1) is 8.16. The van der Waals surface area contributed by atoms with E-state index in [1.807, 2.05) is 30.3 Å². The summed E-state index contributed by atoms with van der Waals surface area (Å²) in [6.45, 7) is 4.49. The third-order valence-electron chi connectivity index (χ3n) is 2.71. The van der Waals surface area contributed by atoms with E-state index in [9.17, 15) is 4.79 Å². The maximum absolute atomic E-state index is 11.6. The van der Waals surface area contributed by atoms with Crippen molar-refractivity contribution in [2.24, 2.45) is 10.9 Å². The molecule has 0 amide bonds. The summed E-state index contributed by atoms with van der Waals surface area (Å²) in [6, 6.07) is 9.91. The molecule has 17 heavy (non-hydrogen) atoms. The van der Waals surface area contributed by atoms with E-state index in [1.54, 1.807) is 0 Å². The first-order valence-corrected chi connectivity index (χ1v) is 5.95. The van der Waals surface area contributed by atoms with E-state index in [-0.39, 0.29) is 12.0 Å². The zero-order valence-corrected chi connectivity index (χ0v) is 10.2. The van der Waals surface area contributed by atoms with Gasteiger partial charge in [0.05, 0.1) is 0 Å². The Bertz CT molecular complexity index is 423. The van der Waals surface area contributed by atoms with Crippen LogP contribution >= 0.6 is 0 Å². The molecule has 0 radical (unpaired) electrons. The molecule has 1 heterocycles. The number of nitrogens with zero attached hydrogens (tertiary/aromatic N) is 1. The Morgan fingerprint density at radius 2 is 2.06 bits per heavy atom. The van der Waals surface area contributed by atoms with Crippen LogP contribution in [-0.2, 0) is 9.53 Å². The highest BCUT2D eigenvalue weighted by atomic mass is 16.5. The van der Waals surface area contributed by atoms with Gasteiger partial charge in [-0.3, -0.25) is 4.99 Å². The zero-order chi connectivity index (χ0) is 12.3. The van der Waals surface area contributed by atoms with Crippen LogP contribution in [0.3, 0.4) is 0 Å². The Kier molecular flexibility index (Phi) is 3.57. The molecule has 1 aliphatic rings. The molecule has 0 fully saturated rings. The quantitative estimate of drug-likeness (QED) is 0.750. The van der Waals surface area contributed by atoms with Crippen LogP contribution < -0.4 is 0 Å². The Balaban J connectivity index is 2.21. The summed E-state index contributed by atoms with van der Waals surface area (Å²) in [6.07, 6.45) is 0.683. The summed E-state index contributed by atoms with van der Waals surface area (Å²) in [7, 11) is 0. The second-order valence-corrected chi connectivity index (χ2v) is 4.70. The molecule has 90 valence electrons. The lowest BCUT2D eigenvalue weighted by molar-refractivity contribution is -0.137. The highest BCUT2D eigenvalue weighted by molar-refractivity contribution is 6.36. The van der Waals surface area contributed by atoms with Crippen LogP contribution in [0.2, 0.25) is 0 Å². The fraction of sp³-hybridized carbons (Fsp3) is 0.429. The molecule has 0 aliphatic carbocycles. The molecule has 0 bridgehead atoms. The van der Waals surface area contributed by atoms with Gasteiger partial charge in [0, 0.05) is 0 Å². The van der Waals surface area contributed by atoms with Gasteiger partial charge in [-0.1, -0.05) is 44.2 Å². The maximum atomic E-state index is 11.6. The molecule has 0 N–H and O–H groups in total. The van der Waals surface area contributed by atoms with E-state index < -0.39 is 0 Å². The molecule has 0 unspecified atom stereocenters. The minimum atomic E-state index is -0.258. The van der Waals surface area contributed by atoms with Gasteiger partial charge in [0.2, 0.25) is 0 Å². The fourth-order valence-electron chi connectivity index (χ4n) is 1.88. The summed E-state index contributed by atoms with van der Waals surface area (Å²) in [5, 5.41) is 0. The molecule has 0 saturated carbocycles. The van der Waals surface area contributed by atoms with Crippen LogP contribution in [0.1, 0.15) is 31.9 Å². The van der Waals surface area contributed by atoms with Gasteiger partial charge < -0.3 is 4.74 Å². The predicted octanol–water partition coefficient (Wildman–Crippen LogP) is 2.77. The largest absolute Gasteiger partial charge is 0.459 e. The van der Waals surface area contributed by atoms with Gasteiger partial charge in [0.25, 0.3) is 0 Å². The number of benzene rings is 1. The molecular formula is C14H17NO2. The SMILES string of the molecule is CC(C)CC1=N[C@H](c2ccccc2)COC1=O. The summed E-state index contributed by atoms with van der Waals surface area (Å²) >= 11 is 0. The summed E-state index contributed by atoms with van der Waals surface area (Å²) < 4.78 is 5.19. The number of ether oxygens (including phenoxy) is 1. The summed E-state index contributed by atoms with van der Waals surface area (Å²) in [5.74, 6) is 0.154. The first kappa shape index (κ1) is 11.8. The van der Waals surface area contributed by atoms with Crippen molar-refractivity contribution in [3.8, 4) is 0 Å². The van der Waals surface area contributed by atoms with Gasteiger partial charge in [-0.2, -0.15) is 0 Å². The van der Waals surface area contributed by atoms with Crippen molar-refractivity contribution in [1.82, 2.24) is 0 Å². The number of cyclic esters (lactones) is 1. The smallest absolute Gasteiger partial charge is 0.352 e. The monoisotopic (exact) mass is 231 g/mol. The van der Waals surface area contributed by atoms with Gasteiger partial charge in [0.1, 0.15) is 18.4 Å². The summed E-state index contributed by atoms with van der Waals surface area (Å²) in [4.78, 5) is 16.1. The van der Waals surface area contributed by atoms with Gasteiger partial charge in [-0.05, 0) is 17.9 Å². The second kappa shape index (κ2) is 5.13. The number of carbonyl (C=O) groups is 1. The van der Waals surface area contributed by atoms with Crippen LogP contribution in [-0.4, -0.2) is 18.3 Å².